The second-order valence-electron chi connectivity index (χ2n) is 3.77. The van der Waals surface area contributed by atoms with Gasteiger partial charge in [0.15, 0.2) is 0 Å². The first-order chi connectivity index (χ1) is 8.97. The van der Waals surface area contributed by atoms with Crippen LogP contribution in [-0.2, 0) is 11.2 Å². The number of aliphatic carboxylic acids is 1. The molecule has 1 aromatic carbocycles. The highest BCUT2D eigenvalue weighted by Crippen LogP contribution is 2.13. The summed E-state index contributed by atoms with van der Waals surface area (Å²) < 4.78 is 13.7. The Bertz CT molecular complexity index is 679. The van der Waals surface area contributed by atoms with E-state index >= 15 is 0 Å². The first kappa shape index (κ1) is 12.7. The van der Waals surface area contributed by atoms with Crippen molar-refractivity contribution in [3.8, 4) is 11.4 Å². The fraction of sp³-hybridized carbons (Fsp3) is 0.0833. The molecule has 6 nitrogen and oxygen atoms in total. The van der Waals surface area contributed by atoms with E-state index in [1.165, 1.54) is 12.1 Å². The summed E-state index contributed by atoms with van der Waals surface area (Å²) in [4.78, 5) is 22.3. The number of hydrogen-bond donors (Lipinski definition) is 2. The molecule has 0 bridgehead atoms. The van der Waals surface area contributed by atoms with Crippen molar-refractivity contribution in [3.05, 3.63) is 52.2 Å². The minimum Gasteiger partial charge on any atom is -0.506 e. The third-order valence-corrected chi connectivity index (χ3v) is 2.38. The summed E-state index contributed by atoms with van der Waals surface area (Å²) in [6, 6.07) is 5.81. The van der Waals surface area contributed by atoms with Gasteiger partial charge in [0, 0.05) is 6.07 Å². The molecule has 2 N–H and O–H groups in total. The number of carbonyl (C=O) groups is 1. The van der Waals surface area contributed by atoms with Gasteiger partial charge in [-0.3, -0.25) is 9.59 Å². The van der Waals surface area contributed by atoms with Crippen LogP contribution in [0.3, 0.4) is 0 Å². The van der Waals surface area contributed by atoms with Gasteiger partial charge in [-0.25, -0.2) is 4.39 Å². The van der Waals surface area contributed by atoms with Gasteiger partial charge in [0.25, 0.3) is 5.56 Å². The normalized spacial score (nSPS) is 10.4. The maximum Gasteiger partial charge on any atom is 0.309 e. The fourth-order valence-electron chi connectivity index (χ4n) is 1.52. The van der Waals surface area contributed by atoms with Crippen molar-refractivity contribution in [1.82, 2.24) is 9.78 Å². The highest BCUT2D eigenvalue weighted by Gasteiger charge is 2.12. The van der Waals surface area contributed by atoms with E-state index in [0.29, 0.717) is 0 Å². The van der Waals surface area contributed by atoms with E-state index in [2.05, 4.69) is 5.10 Å². The number of carboxylic acid groups (broad SMARTS) is 1. The highest BCUT2D eigenvalue weighted by molar-refractivity contribution is 5.70. The second-order valence-corrected chi connectivity index (χ2v) is 3.77. The van der Waals surface area contributed by atoms with Crippen LogP contribution in [0.15, 0.2) is 35.1 Å². The molecule has 1 aromatic heterocycles. The average molecular weight is 264 g/mol. The number of carboxylic acids is 1. The van der Waals surface area contributed by atoms with Crippen LogP contribution >= 0.6 is 0 Å². The van der Waals surface area contributed by atoms with Crippen molar-refractivity contribution in [2.45, 2.75) is 6.42 Å². The summed E-state index contributed by atoms with van der Waals surface area (Å²) in [7, 11) is 0. The zero-order valence-electron chi connectivity index (χ0n) is 9.58. The molecule has 19 heavy (non-hydrogen) atoms. The zero-order chi connectivity index (χ0) is 14.0. The van der Waals surface area contributed by atoms with Crippen molar-refractivity contribution < 1.29 is 19.4 Å². The van der Waals surface area contributed by atoms with E-state index in [0.717, 1.165) is 22.9 Å². The molecule has 0 aliphatic rings. The van der Waals surface area contributed by atoms with Crippen LogP contribution in [-0.4, -0.2) is 26.0 Å². The molecular formula is C12H9FN2O4. The van der Waals surface area contributed by atoms with Crippen LogP contribution in [0.5, 0.6) is 5.75 Å². The van der Waals surface area contributed by atoms with Gasteiger partial charge in [-0.15, -0.1) is 0 Å². The monoisotopic (exact) mass is 264 g/mol. The smallest absolute Gasteiger partial charge is 0.309 e. The lowest BCUT2D eigenvalue weighted by Crippen LogP contribution is -2.22. The third-order valence-electron chi connectivity index (χ3n) is 2.38. The van der Waals surface area contributed by atoms with Gasteiger partial charge >= 0.3 is 5.97 Å². The maximum absolute atomic E-state index is 12.8. The van der Waals surface area contributed by atoms with E-state index in [1.54, 1.807) is 0 Å². The molecule has 0 saturated heterocycles. The van der Waals surface area contributed by atoms with Crippen LogP contribution in [0.1, 0.15) is 5.69 Å². The molecule has 1 heterocycles. The second kappa shape index (κ2) is 4.89. The summed E-state index contributed by atoms with van der Waals surface area (Å²) in [6.45, 7) is 0. The predicted molar refractivity (Wildman–Crippen MR) is 62.8 cm³/mol. The summed E-state index contributed by atoms with van der Waals surface area (Å²) in [6.07, 6.45) is -0.521. The molecular weight excluding hydrogens is 255 g/mol. The number of rotatable bonds is 3. The summed E-state index contributed by atoms with van der Waals surface area (Å²) in [5.74, 6) is -2.14. The van der Waals surface area contributed by atoms with E-state index in [9.17, 15) is 19.1 Å². The molecule has 2 rings (SSSR count). The van der Waals surface area contributed by atoms with Crippen LogP contribution in [0.4, 0.5) is 4.39 Å². The Morgan fingerprint density at radius 2 is 1.95 bits per heavy atom. The summed E-state index contributed by atoms with van der Waals surface area (Å²) >= 11 is 0. The Hall–Kier alpha value is -2.70. The maximum atomic E-state index is 12.8. The van der Waals surface area contributed by atoms with E-state index in [-0.39, 0.29) is 11.4 Å². The van der Waals surface area contributed by atoms with E-state index < -0.39 is 29.5 Å². The lowest BCUT2D eigenvalue weighted by molar-refractivity contribution is -0.136. The minimum atomic E-state index is -1.19. The molecule has 0 aliphatic heterocycles. The van der Waals surface area contributed by atoms with Crippen molar-refractivity contribution in [3.63, 3.8) is 0 Å². The molecule has 7 heteroatoms. The standard InChI is InChI=1S/C12H9FN2O4/c13-7-1-3-8(4-2-7)15-11(17)6-10(16)9(14-15)5-12(18)19/h1-4,6,16H,5H2,(H,18,19). The first-order valence-corrected chi connectivity index (χ1v) is 5.27. The van der Waals surface area contributed by atoms with Crippen molar-refractivity contribution in [2.75, 3.05) is 0 Å². The number of halogens is 1. The molecule has 0 radical (unpaired) electrons. The lowest BCUT2D eigenvalue weighted by atomic mass is 10.2. The Morgan fingerprint density at radius 3 is 2.53 bits per heavy atom. The highest BCUT2D eigenvalue weighted by atomic mass is 19.1. The van der Waals surface area contributed by atoms with Gasteiger partial charge in [-0.05, 0) is 24.3 Å². The van der Waals surface area contributed by atoms with Gasteiger partial charge in [-0.1, -0.05) is 0 Å². The quantitative estimate of drug-likeness (QED) is 0.851. The van der Waals surface area contributed by atoms with Crippen LogP contribution in [0.25, 0.3) is 5.69 Å². The summed E-state index contributed by atoms with van der Waals surface area (Å²) in [5, 5.41) is 21.9. The molecule has 98 valence electrons. The van der Waals surface area contributed by atoms with Crippen molar-refractivity contribution in [2.24, 2.45) is 0 Å². The number of benzene rings is 1. The zero-order valence-corrected chi connectivity index (χ0v) is 9.58. The average Bonchev–Trinajstić information content (AvgIpc) is 2.33. The number of hydrogen-bond acceptors (Lipinski definition) is 4. The van der Waals surface area contributed by atoms with Crippen LogP contribution < -0.4 is 5.56 Å². The van der Waals surface area contributed by atoms with Gasteiger partial charge in [0.1, 0.15) is 17.3 Å². The van der Waals surface area contributed by atoms with Gasteiger partial charge < -0.3 is 10.2 Å². The SMILES string of the molecule is O=C(O)Cc1nn(-c2ccc(F)cc2)c(=O)cc1O. The largest absolute Gasteiger partial charge is 0.506 e. The van der Waals surface area contributed by atoms with Gasteiger partial charge in [0.2, 0.25) is 0 Å². The molecule has 0 aliphatic carbocycles. The molecule has 0 unspecified atom stereocenters. The Kier molecular flexibility index (Phi) is 3.28. The lowest BCUT2D eigenvalue weighted by Gasteiger charge is -2.07. The molecule has 0 saturated carbocycles. The van der Waals surface area contributed by atoms with Crippen LogP contribution in [0, 0.1) is 5.82 Å². The Balaban J connectivity index is 2.54. The Morgan fingerprint density at radius 1 is 1.32 bits per heavy atom. The molecule has 0 spiro atoms. The van der Waals surface area contributed by atoms with Crippen molar-refractivity contribution in [1.29, 1.82) is 0 Å². The fourth-order valence-corrected chi connectivity index (χ4v) is 1.52. The van der Waals surface area contributed by atoms with Crippen molar-refractivity contribution >= 4 is 5.97 Å². The minimum absolute atomic E-state index is 0.142. The number of aromatic nitrogens is 2. The third kappa shape index (κ3) is 2.76. The number of nitrogens with zero attached hydrogens (tertiary/aromatic N) is 2. The topological polar surface area (TPSA) is 92.4 Å². The van der Waals surface area contributed by atoms with E-state index in [1.807, 2.05) is 0 Å². The first-order valence-electron chi connectivity index (χ1n) is 5.27. The molecule has 0 atom stereocenters. The van der Waals surface area contributed by atoms with Gasteiger partial charge in [-0.2, -0.15) is 9.78 Å². The number of aromatic hydroxyl groups is 1. The predicted octanol–water partition coefficient (Wildman–Crippen LogP) is 0.704. The van der Waals surface area contributed by atoms with Crippen LogP contribution in [0.2, 0.25) is 0 Å². The Labute approximate surface area is 106 Å². The summed E-state index contributed by atoms with van der Waals surface area (Å²) in [5.41, 5.74) is -0.507. The van der Waals surface area contributed by atoms with Gasteiger partial charge in [0.05, 0.1) is 12.1 Å². The molecule has 0 fully saturated rings. The molecule has 2 aromatic rings. The van der Waals surface area contributed by atoms with E-state index in [4.69, 9.17) is 5.11 Å². The molecule has 0 amide bonds.